The van der Waals surface area contributed by atoms with Crippen molar-refractivity contribution in [2.24, 2.45) is 5.92 Å². The molecule has 1 heterocycles. The molecule has 0 spiro atoms. The van der Waals surface area contributed by atoms with Gasteiger partial charge in [-0.1, -0.05) is 0 Å². The average molecular weight is 216 g/mol. The van der Waals surface area contributed by atoms with E-state index in [2.05, 4.69) is 4.74 Å². The molecule has 3 N–H and O–H groups in total. The highest BCUT2D eigenvalue weighted by Gasteiger charge is 2.51. The van der Waals surface area contributed by atoms with E-state index in [0.29, 0.717) is 0 Å². The first-order valence-electron chi connectivity index (χ1n) is 4.03. The van der Waals surface area contributed by atoms with Crippen molar-refractivity contribution >= 4 is 0 Å². The van der Waals surface area contributed by atoms with Crippen LogP contribution in [0.15, 0.2) is 0 Å². The zero-order chi connectivity index (χ0) is 10.9. The van der Waals surface area contributed by atoms with Gasteiger partial charge in [0.2, 0.25) is 0 Å². The molecule has 7 heteroatoms. The zero-order valence-corrected chi connectivity index (χ0v) is 7.11. The number of rotatable bonds is 1. The van der Waals surface area contributed by atoms with Crippen molar-refractivity contribution in [1.29, 1.82) is 0 Å². The smallest absolute Gasteiger partial charge is 0.394 e. The molecule has 1 aliphatic heterocycles. The normalized spacial score (nSPS) is 39.9. The van der Waals surface area contributed by atoms with Gasteiger partial charge in [-0.3, -0.25) is 0 Å². The Labute approximate surface area is 77.9 Å². The first-order chi connectivity index (χ1) is 6.38. The van der Waals surface area contributed by atoms with Gasteiger partial charge >= 0.3 is 6.18 Å². The molecule has 0 radical (unpaired) electrons. The van der Waals surface area contributed by atoms with E-state index in [1.54, 1.807) is 0 Å². The van der Waals surface area contributed by atoms with Gasteiger partial charge in [0.05, 0.1) is 19.3 Å². The highest BCUT2D eigenvalue weighted by molar-refractivity contribution is 4.89. The fourth-order valence-electron chi connectivity index (χ4n) is 1.33. The fraction of sp³-hybridized carbons (Fsp3) is 1.00. The Morgan fingerprint density at radius 2 is 1.79 bits per heavy atom. The molecule has 4 unspecified atom stereocenters. The third-order valence-corrected chi connectivity index (χ3v) is 2.23. The fourth-order valence-corrected chi connectivity index (χ4v) is 1.33. The maximum absolute atomic E-state index is 12.2. The highest BCUT2D eigenvalue weighted by atomic mass is 19.4. The maximum Gasteiger partial charge on any atom is 0.396 e. The van der Waals surface area contributed by atoms with Crippen LogP contribution in [0.25, 0.3) is 0 Å². The van der Waals surface area contributed by atoms with Crippen LogP contribution in [-0.4, -0.2) is 53.0 Å². The Morgan fingerprint density at radius 1 is 1.21 bits per heavy atom. The van der Waals surface area contributed by atoms with Crippen LogP contribution in [0.3, 0.4) is 0 Å². The molecular formula is C7H11F3O4. The molecule has 4 nitrogen and oxygen atoms in total. The summed E-state index contributed by atoms with van der Waals surface area (Å²) in [6.07, 6.45) is -9.41. The molecule has 0 aliphatic carbocycles. The van der Waals surface area contributed by atoms with Crippen molar-refractivity contribution in [1.82, 2.24) is 0 Å². The summed E-state index contributed by atoms with van der Waals surface area (Å²) < 4.78 is 41.1. The van der Waals surface area contributed by atoms with E-state index in [1.807, 2.05) is 0 Å². The standard InChI is InChI=1S/C7H11F3O4/c8-7(9,10)3-2-14-4(1-11)6(13)5(3)12/h3-6,11-13H,1-2H2. The molecule has 14 heavy (non-hydrogen) atoms. The lowest BCUT2D eigenvalue weighted by molar-refractivity contribution is -0.267. The maximum atomic E-state index is 12.2. The number of alkyl halides is 3. The van der Waals surface area contributed by atoms with E-state index in [1.165, 1.54) is 0 Å². The van der Waals surface area contributed by atoms with Crippen molar-refractivity contribution in [2.45, 2.75) is 24.5 Å². The highest BCUT2D eigenvalue weighted by Crippen LogP contribution is 2.34. The summed E-state index contributed by atoms with van der Waals surface area (Å²) in [4.78, 5) is 0. The monoisotopic (exact) mass is 216 g/mol. The minimum atomic E-state index is -4.61. The van der Waals surface area contributed by atoms with Crippen LogP contribution in [0, 0.1) is 5.92 Å². The molecule has 0 saturated carbocycles. The quantitative estimate of drug-likeness (QED) is 0.541. The Hall–Kier alpha value is -0.370. The second-order valence-electron chi connectivity index (χ2n) is 3.18. The molecular weight excluding hydrogens is 205 g/mol. The summed E-state index contributed by atoms with van der Waals surface area (Å²) in [6, 6.07) is 0. The molecule has 1 aliphatic rings. The van der Waals surface area contributed by atoms with Gasteiger partial charge in [0, 0.05) is 0 Å². The van der Waals surface area contributed by atoms with Crippen molar-refractivity contribution in [3.05, 3.63) is 0 Å². The molecule has 0 aromatic heterocycles. The van der Waals surface area contributed by atoms with Crippen molar-refractivity contribution < 1.29 is 33.2 Å². The first kappa shape index (κ1) is 11.7. The summed E-state index contributed by atoms with van der Waals surface area (Å²) in [5.74, 6) is -2.10. The third-order valence-electron chi connectivity index (χ3n) is 2.23. The molecule has 0 aromatic carbocycles. The van der Waals surface area contributed by atoms with Crippen molar-refractivity contribution in [3.63, 3.8) is 0 Å². The predicted molar refractivity (Wildman–Crippen MR) is 38.4 cm³/mol. The van der Waals surface area contributed by atoms with Gasteiger partial charge < -0.3 is 20.1 Å². The third kappa shape index (κ3) is 2.17. The van der Waals surface area contributed by atoms with Gasteiger partial charge in [-0.2, -0.15) is 13.2 Å². The summed E-state index contributed by atoms with van der Waals surface area (Å²) in [7, 11) is 0. The van der Waals surface area contributed by atoms with E-state index in [4.69, 9.17) is 15.3 Å². The molecule has 4 atom stereocenters. The molecule has 0 aromatic rings. The largest absolute Gasteiger partial charge is 0.396 e. The lowest BCUT2D eigenvalue weighted by Gasteiger charge is -2.37. The van der Waals surface area contributed by atoms with E-state index < -0.39 is 43.6 Å². The number of aliphatic hydroxyl groups is 3. The SMILES string of the molecule is OCC1OCC(C(F)(F)F)C(O)C1O. The minimum absolute atomic E-state index is 0.622. The van der Waals surface area contributed by atoms with E-state index >= 15 is 0 Å². The van der Waals surface area contributed by atoms with Crippen molar-refractivity contribution in [2.75, 3.05) is 13.2 Å². The van der Waals surface area contributed by atoms with Crippen LogP contribution in [0.2, 0.25) is 0 Å². The lowest BCUT2D eigenvalue weighted by Crippen LogP contribution is -2.55. The van der Waals surface area contributed by atoms with E-state index in [-0.39, 0.29) is 0 Å². The van der Waals surface area contributed by atoms with Crippen LogP contribution in [0.1, 0.15) is 0 Å². The Bertz CT molecular complexity index is 196. The second-order valence-corrected chi connectivity index (χ2v) is 3.18. The van der Waals surface area contributed by atoms with Crippen molar-refractivity contribution in [3.8, 4) is 0 Å². The summed E-state index contributed by atoms with van der Waals surface area (Å²) in [5.41, 5.74) is 0. The van der Waals surface area contributed by atoms with E-state index in [9.17, 15) is 13.2 Å². The molecule has 1 fully saturated rings. The van der Waals surface area contributed by atoms with Crippen LogP contribution < -0.4 is 0 Å². The molecule has 0 bridgehead atoms. The van der Waals surface area contributed by atoms with Gasteiger partial charge in [0.1, 0.15) is 18.1 Å². The summed E-state index contributed by atoms with van der Waals surface area (Å²) >= 11 is 0. The average Bonchev–Trinajstić information content (AvgIpc) is 2.07. The Morgan fingerprint density at radius 3 is 2.21 bits per heavy atom. The Kier molecular flexibility index (Phi) is 3.36. The molecule has 0 amide bonds. The second kappa shape index (κ2) is 4.01. The van der Waals surface area contributed by atoms with Gasteiger partial charge in [-0.05, 0) is 0 Å². The van der Waals surface area contributed by atoms with Gasteiger partial charge in [0.25, 0.3) is 0 Å². The molecule has 1 rings (SSSR count). The van der Waals surface area contributed by atoms with Crippen LogP contribution >= 0.6 is 0 Å². The number of hydrogen-bond donors (Lipinski definition) is 3. The van der Waals surface area contributed by atoms with Gasteiger partial charge in [-0.25, -0.2) is 0 Å². The molecule has 1 saturated heterocycles. The van der Waals surface area contributed by atoms with Gasteiger partial charge in [0.15, 0.2) is 0 Å². The van der Waals surface area contributed by atoms with Crippen LogP contribution in [0.4, 0.5) is 13.2 Å². The number of halogens is 3. The Balaban J connectivity index is 2.69. The topological polar surface area (TPSA) is 69.9 Å². The zero-order valence-electron chi connectivity index (χ0n) is 7.11. The van der Waals surface area contributed by atoms with Crippen LogP contribution in [-0.2, 0) is 4.74 Å². The molecule has 84 valence electrons. The predicted octanol–water partition coefficient (Wildman–Crippen LogP) is -0.722. The first-order valence-corrected chi connectivity index (χ1v) is 4.03. The number of aliphatic hydroxyl groups excluding tert-OH is 3. The summed E-state index contributed by atoms with van der Waals surface area (Å²) in [6.45, 7) is -1.37. The number of hydrogen-bond acceptors (Lipinski definition) is 4. The van der Waals surface area contributed by atoms with Crippen LogP contribution in [0.5, 0.6) is 0 Å². The number of ether oxygens (including phenoxy) is 1. The van der Waals surface area contributed by atoms with E-state index in [0.717, 1.165) is 0 Å². The lowest BCUT2D eigenvalue weighted by atomic mass is 9.92. The minimum Gasteiger partial charge on any atom is -0.394 e. The van der Waals surface area contributed by atoms with Gasteiger partial charge in [-0.15, -0.1) is 0 Å². The summed E-state index contributed by atoms with van der Waals surface area (Å²) in [5, 5.41) is 26.8.